The van der Waals surface area contributed by atoms with Crippen LogP contribution in [0.25, 0.3) is 5.65 Å². The monoisotopic (exact) mass is 310 g/mol. The predicted molar refractivity (Wildman–Crippen MR) is 85.5 cm³/mol. The first-order valence-electron chi connectivity index (χ1n) is 7.84. The van der Waals surface area contributed by atoms with Crippen molar-refractivity contribution in [1.82, 2.24) is 24.8 Å². The lowest BCUT2D eigenvalue weighted by molar-refractivity contribution is 0.216. The molecule has 23 heavy (non-hydrogen) atoms. The topological polar surface area (TPSA) is 68.4 Å². The van der Waals surface area contributed by atoms with Gasteiger partial charge in [0.05, 0.1) is 6.61 Å². The fourth-order valence-corrected chi connectivity index (χ4v) is 2.85. The van der Waals surface area contributed by atoms with Crippen LogP contribution in [-0.2, 0) is 0 Å². The number of rotatable bonds is 4. The average Bonchev–Trinajstić information content (AvgIpc) is 3.09. The summed E-state index contributed by atoms with van der Waals surface area (Å²) in [7, 11) is 0. The highest BCUT2D eigenvalue weighted by atomic mass is 16.5. The van der Waals surface area contributed by atoms with Gasteiger partial charge in [-0.15, -0.1) is 15.3 Å². The zero-order valence-corrected chi connectivity index (χ0v) is 12.7. The van der Waals surface area contributed by atoms with E-state index in [4.69, 9.17) is 4.74 Å². The van der Waals surface area contributed by atoms with Crippen LogP contribution in [0, 0.1) is 5.92 Å². The molecule has 0 N–H and O–H groups in total. The van der Waals surface area contributed by atoms with Gasteiger partial charge in [0.15, 0.2) is 5.65 Å². The van der Waals surface area contributed by atoms with Crippen LogP contribution in [-0.4, -0.2) is 44.5 Å². The number of piperidine rings is 1. The first kappa shape index (κ1) is 13.9. The van der Waals surface area contributed by atoms with Crippen molar-refractivity contribution in [3.63, 3.8) is 0 Å². The van der Waals surface area contributed by atoms with Gasteiger partial charge in [-0.1, -0.05) is 6.07 Å². The van der Waals surface area contributed by atoms with Crippen LogP contribution in [0.2, 0.25) is 0 Å². The summed E-state index contributed by atoms with van der Waals surface area (Å²) in [5, 5.41) is 12.4. The van der Waals surface area contributed by atoms with Crippen LogP contribution in [0.1, 0.15) is 12.8 Å². The fourth-order valence-electron chi connectivity index (χ4n) is 2.85. The summed E-state index contributed by atoms with van der Waals surface area (Å²) in [5.74, 6) is 2.24. The van der Waals surface area contributed by atoms with E-state index in [9.17, 15) is 0 Å². The molecule has 0 radical (unpaired) electrons. The van der Waals surface area contributed by atoms with Gasteiger partial charge in [-0.3, -0.25) is 0 Å². The lowest BCUT2D eigenvalue weighted by Gasteiger charge is -2.32. The molecule has 0 bridgehead atoms. The second kappa shape index (κ2) is 6.20. The Morgan fingerprint density at radius 3 is 2.87 bits per heavy atom. The first-order valence-corrected chi connectivity index (χ1v) is 7.84. The van der Waals surface area contributed by atoms with Crippen molar-refractivity contribution in [2.75, 3.05) is 24.6 Å². The highest BCUT2D eigenvalue weighted by Gasteiger charge is 2.21. The Morgan fingerprint density at radius 2 is 2.04 bits per heavy atom. The maximum absolute atomic E-state index is 5.77. The van der Waals surface area contributed by atoms with Gasteiger partial charge >= 0.3 is 0 Å². The summed E-state index contributed by atoms with van der Waals surface area (Å²) >= 11 is 0. The minimum atomic E-state index is 0.562. The smallest absolute Gasteiger partial charge is 0.213 e. The molecule has 0 amide bonds. The minimum absolute atomic E-state index is 0.562. The van der Waals surface area contributed by atoms with E-state index in [2.05, 4.69) is 25.2 Å². The third-order valence-corrected chi connectivity index (χ3v) is 4.19. The van der Waals surface area contributed by atoms with Crippen LogP contribution < -0.4 is 9.64 Å². The van der Waals surface area contributed by atoms with Gasteiger partial charge in [-0.25, -0.2) is 4.98 Å². The third-order valence-electron chi connectivity index (χ3n) is 4.19. The number of ether oxygens (including phenoxy) is 1. The van der Waals surface area contributed by atoms with Crippen LogP contribution in [0.15, 0.2) is 42.9 Å². The molecular formula is C16H18N6O. The third kappa shape index (κ3) is 3.08. The van der Waals surface area contributed by atoms with Gasteiger partial charge in [-0.2, -0.15) is 4.52 Å². The van der Waals surface area contributed by atoms with E-state index in [0.29, 0.717) is 11.8 Å². The molecule has 3 aromatic rings. The number of anilines is 1. The van der Waals surface area contributed by atoms with E-state index < -0.39 is 0 Å². The van der Waals surface area contributed by atoms with Crippen LogP contribution in [0.5, 0.6) is 5.88 Å². The molecule has 7 nitrogen and oxygen atoms in total. The van der Waals surface area contributed by atoms with E-state index in [0.717, 1.165) is 44.0 Å². The number of nitrogens with zero attached hydrogens (tertiary/aromatic N) is 6. The summed E-state index contributed by atoms with van der Waals surface area (Å²) in [4.78, 5) is 6.49. The summed E-state index contributed by atoms with van der Waals surface area (Å²) in [6.07, 6.45) is 5.57. The lowest BCUT2D eigenvalue weighted by Crippen LogP contribution is -2.36. The lowest BCUT2D eigenvalue weighted by atomic mass is 9.98. The summed E-state index contributed by atoms with van der Waals surface area (Å²) in [6, 6.07) is 9.69. The standard InChI is InChI=1S/C16H18N6O/c1-2-8-17-16(3-1)23-11-13-6-9-21(10-7-13)15-5-4-14-19-18-12-22(14)20-15/h1-5,8,12-13H,6-7,9-11H2. The van der Waals surface area contributed by atoms with E-state index >= 15 is 0 Å². The van der Waals surface area contributed by atoms with Gasteiger partial charge in [0, 0.05) is 25.4 Å². The Balaban J connectivity index is 1.33. The Labute approximate surface area is 133 Å². The molecule has 1 aliphatic rings. The Morgan fingerprint density at radius 1 is 1.13 bits per heavy atom. The number of fused-ring (bicyclic) bond motifs is 1. The van der Waals surface area contributed by atoms with E-state index in [1.165, 1.54) is 0 Å². The molecule has 1 fully saturated rings. The predicted octanol–water partition coefficient (Wildman–Crippen LogP) is 1.81. The molecule has 0 unspecified atom stereocenters. The van der Waals surface area contributed by atoms with Gasteiger partial charge in [0.2, 0.25) is 5.88 Å². The van der Waals surface area contributed by atoms with Crippen molar-refractivity contribution in [3.05, 3.63) is 42.9 Å². The molecule has 1 saturated heterocycles. The Hall–Kier alpha value is -2.70. The zero-order valence-electron chi connectivity index (χ0n) is 12.7. The molecular weight excluding hydrogens is 292 g/mol. The SMILES string of the molecule is c1ccc(OCC2CCN(c3ccc4nncn4n3)CC2)nc1. The van der Waals surface area contributed by atoms with E-state index in [-0.39, 0.29) is 0 Å². The molecule has 0 atom stereocenters. The molecule has 4 heterocycles. The van der Waals surface area contributed by atoms with Crippen molar-refractivity contribution in [3.8, 4) is 5.88 Å². The fraction of sp³-hybridized carbons (Fsp3) is 0.375. The maximum atomic E-state index is 5.77. The highest BCUT2D eigenvalue weighted by Crippen LogP contribution is 2.22. The maximum Gasteiger partial charge on any atom is 0.213 e. The second-order valence-electron chi connectivity index (χ2n) is 5.73. The van der Waals surface area contributed by atoms with Crippen molar-refractivity contribution >= 4 is 11.5 Å². The first-order chi connectivity index (χ1) is 11.4. The molecule has 3 aromatic heterocycles. The highest BCUT2D eigenvalue weighted by molar-refractivity contribution is 5.45. The molecule has 0 aromatic carbocycles. The second-order valence-corrected chi connectivity index (χ2v) is 5.73. The molecule has 0 saturated carbocycles. The zero-order chi connectivity index (χ0) is 15.5. The van der Waals surface area contributed by atoms with E-state index in [1.54, 1.807) is 17.0 Å². The number of hydrogen-bond donors (Lipinski definition) is 0. The van der Waals surface area contributed by atoms with Crippen LogP contribution in [0.3, 0.4) is 0 Å². The van der Waals surface area contributed by atoms with Gasteiger partial charge in [-0.05, 0) is 37.0 Å². The molecule has 0 spiro atoms. The summed E-state index contributed by atoms with van der Waals surface area (Å²) in [5.41, 5.74) is 0.771. The number of aromatic nitrogens is 5. The normalized spacial score (nSPS) is 15.9. The van der Waals surface area contributed by atoms with E-state index in [1.807, 2.05) is 30.3 Å². The van der Waals surface area contributed by atoms with Crippen molar-refractivity contribution < 1.29 is 4.74 Å². The number of pyridine rings is 1. The van der Waals surface area contributed by atoms with Gasteiger partial charge in [0.1, 0.15) is 12.1 Å². The van der Waals surface area contributed by atoms with Crippen molar-refractivity contribution in [2.24, 2.45) is 5.92 Å². The number of hydrogen-bond acceptors (Lipinski definition) is 6. The summed E-state index contributed by atoms with van der Waals surface area (Å²) in [6.45, 7) is 2.69. The van der Waals surface area contributed by atoms with Gasteiger partial charge in [0.25, 0.3) is 0 Å². The van der Waals surface area contributed by atoms with Crippen LogP contribution >= 0.6 is 0 Å². The average molecular weight is 310 g/mol. The molecule has 118 valence electrons. The summed E-state index contributed by atoms with van der Waals surface area (Å²) < 4.78 is 7.48. The largest absolute Gasteiger partial charge is 0.477 e. The molecule has 4 rings (SSSR count). The molecule has 7 heteroatoms. The minimum Gasteiger partial charge on any atom is -0.477 e. The quantitative estimate of drug-likeness (QED) is 0.732. The Kier molecular flexibility index (Phi) is 3.75. The molecule has 0 aliphatic carbocycles. The van der Waals surface area contributed by atoms with Gasteiger partial charge < -0.3 is 9.64 Å². The Bertz CT molecular complexity index is 766. The van der Waals surface area contributed by atoms with Crippen molar-refractivity contribution in [1.29, 1.82) is 0 Å². The van der Waals surface area contributed by atoms with Crippen molar-refractivity contribution in [2.45, 2.75) is 12.8 Å². The van der Waals surface area contributed by atoms with Crippen LogP contribution in [0.4, 0.5) is 5.82 Å². The molecule has 1 aliphatic heterocycles.